The van der Waals surface area contributed by atoms with Crippen molar-refractivity contribution < 1.29 is 9.53 Å². The van der Waals surface area contributed by atoms with Gasteiger partial charge in [-0.05, 0) is 5.56 Å². The van der Waals surface area contributed by atoms with E-state index in [-0.39, 0.29) is 11.9 Å². The molecule has 5 heteroatoms. The average molecular weight is 285 g/mol. The molecule has 0 radical (unpaired) electrons. The third-order valence-electron chi connectivity index (χ3n) is 3.95. The zero-order valence-electron chi connectivity index (χ0n) is 12.1. The number of carbonyl (C=O) groups excluding carboxylic acids is 1. The number of ether oxygens (including phenoxy) is 1. The van der Waals surface area contributed by atoms with Crippen LogP contribution in [0.2, 0.25) is 0 Å². The molecule has 1 atom stereocenters. The van der Waals surface area contributed by atoms with Crippen LogP contribution in [-0.4, -0.2) is 40.6 Å². The normalized spacial score (nSPS) is 16.2. The van der Waals surface area contributed by atoms with Crippen molar-refractivity contribution in [1.29, 1.82) is 0 Å². The summed E-state index contributed by atoms with van der Waals surface area (Å²) in [4.78, 5) is 18.7. The van der Waals surface area contributed by atoms with Gasteiger partial charge in [0.1, 0.15) is 5.82 Å². The molecule has 0 N–H and O–H groups in total. The van der Waals surface area contributed by atoms with Gasteiger partial charge in [-0.1, -0.05) is 30.3 Å². The highest BCUT2D eigenvalue weighted by Crippen LogP contribution is 2.21. The number of hydrogen-bond acceptors (Lipinski definition) is 4. The largest absolute Gasteiger partial charge is 0.469 e. The van der Waals surface area contributed by atoms with Gasteiger partial charge in [0.05, 0.1) is 19.6 Å². The van der Waals surface area contributed by atoms with Crippen LogP contribution in [0.3, 0.4) is 0 Å². The Kier molecular flexibility index (Phi) is 4.01. The van der Waals surface area contributed by atoms with Crippen molar-refractivity contribution in [2.24, 2.45) is 0 Å². The van der Waals surface area contributed by atoms with Crippen LogP contribution in [0.25, 0.3) is 0 Å². The summed E-state index contributed by atoms with van der Waals surface area (Å²) in [6, 6.07) is 9.82. The predicted octanol–water partition coefficient (Wildman–Crippen LogP) is 1.66. The number of esters is 1. The van der Waals surface area contributed by atoms with E-state index in [9.17, 15) is 4.79 Å². The van der Waals surface area contributed by atoms with Crippen molar-refractivity contribution in [2.45, 2.75) is 19.0 Å². The van der Waals surface area contributed by atoms with Crippen molar-refractivity contribution in [3.05, 3.63) is 54.1 Å². The molecule has 110 valence electrons. The summed E-state index contributed by atoms with van der Waals surface area (Å²) in [5.41, 5.74) is 0.998. The Bertz CT molecular complexity index is 609. The Hall–Kier alpha value is -2.14. The molecule has 21 heavy (non-hydrogen) atoms. The smallest absolute Gasteiger partial charge is 0.314 e. The molecule has 0 aliphatic carbocycles. The van der Waals surface area contributed by atoms with E-state index in [2.05, 4.69) is 14.5 Å². The summed E-state index contributed by atoms with van der Waals surface area (Å²) in [5, 5.41) is 0. The van der Waals surface area contributed by atoms with Gasteiger partial charge in [0, 0.05) is 32.0 Å². The number of hydrogen-bond donors (Lipinski definition) is 0. The number of rotatable bonds is 4. The molecule has 1 unspecified atom stereocenters. The lowest BCUT2D eigenvalue weighted by atomic mass is 9.98. The Morgan fingerprint density at radius 3 is 2.90 bits per heavy atom. The first-order valence-electron chi connectivity index (χ1n) is 7.13. The average Bonchev–Trinajstić information content (AvgIpc) is 3.00. The molecule has 5 nitrogen and oxygen atoms in total. The van der Waals surface area contributed by atoms with E-state index in [0.717, 1.165) is 31.0 Å². The molecule has 0 saturated heterocycles. The SMILES string of the molecule is COC(=O)C(CN1CCn2ccnc2C1)c1ccccc1. The first-order chi connectivity index (χ1) is 10.3. The lowest BCUT2D eigenvalue weighted by molar-refractivity contribution is -0.143. The quantitative estimate of drug-likeness (QED) is 0.802. The number of aromatic nitrogens is 2. The second-order valence-corrected chi connectivity index (χ2v) is 5.26. The van der Waals surface area contributed by atoms with E-state index < -0.39 is 0 Å². The highest BCUT2D eigenvalue weighted by molar-refractivity contribution is 5.78. The maximum atomic E-state index is 12.1. The Balaban J connectivity index is 1.75. The highest BCUT2D eigenvalue weighted by Gasteiger charge is 2.26. The molecule has 0 fully saturated rings. The first kappa shape index (κ1) is 13.8. The standard InChI is InChI=1S/C16H19N3O2/c1-21-16(20)14(13-5-3-2-4-6-13)11-18-9-10-19-8-7-17-15(19)12-18/h2-8,14H,9-12H2,1H3. The summed E-state index contributed by atoms with van der Waals surface area (Å²) in [6.45, 7) is 3.26. The van der Waals surface area contributed by atoms with Crippen LogP contribution in [0, 0.1) is 0 Å². The molecule has 0 spiro atoms. The van der Waals surface area contributed by atoms with E-state index >= 15 is 0 Å². The number of carbonyl (C=O) groups is 1. The minimum absolute atomic E-state index is 0.185. The number of imidazole rings is 1. The summed E-state index contributed by atoms with van der Waals surface area (Å²) >= 11 is 0. The van der Waals surface area contributed by atoms with Gasteiger partial charge in [0.15, 0.2) is 0 Å². The van der Waals surface area contributed by atoms with E-state index in [1.807, 2.05) is 42.7 Å². The minimum Gasteiger partial charge on any atom is -0.469 e. The van der Waals surface area contributed by atoms with Crippen LogP contribution in [0.5, 0.6) is 0 Å². The predicted molar refractivity (Wildman–Crippen MR) is 78.7 cm³/mol. The van der Waals surface area contributed by atoms with Gasteiger partial charge in [0.25, 0.3) is 0 Å². The van der Waals surface area contributed by atoms with Crippen molar-refractivity contribution in [3.8, 4) is 0 Å². The monoisotopic (exact) mass is 285 g/mol. The van der Waals surface area contributed by atoms with Crippen molar-refractivity contribution in [1.82, 2.24) is 14.5 Å². The molecule has 1 aliphatic rings. The molecule has 0 saturated carbocycles. The van der Waals surface area contributed by atoms with Gasteiger partial charge >= 0.3 is 5.97 Å². The Morgan fingerprint density at radius 1 is 1.33 bits per heavy atom. The topological polar surface area (TPSA) is 47.4 Å². The fourth-order valence-corrected chi connectivity index (χ4v) is 2.78. The zero-order valence-corrected chi connectivity index (χ0v) is 12.1. The molecular weight excluding hydrogens is 266 g/mol. The number of fused-ring (bicyclic) bond motifs is 1. The molecule has 1 aliphatic heterocycles. The number of methoxy groups -OCH3 is 1. The molecular formula is C16H19N3O2. The Labute approximate surface area is 124 Å². The van der Waals surface area contributed by atoms with Gasteiger partial charge in [-0.15, -0.1) is 0 Å². The van der Waals surface area contributed by atoms with Crippen molar-refractivity contribution in [2.75, 3.05) is 20.2 Å². The van der Waals surface area contributed by atoms with E-state index in [4.69, 9.17) is 4.74 Å². The van der Waals surface area contributed by atoms with Gasteiger partial charge in [-0.25, -0.2) is 4.98 Å². The number of nitrogens with zero attached hydrogens (tertiary/aromatic N) is 3. The fraction of sp³-hybridized carbons (Fsp3) is 0.375. The van der Waals surface area contributed by atoms with E-state index in [1.165, 1.54) is 7.11 Å². The molecule has 2 aromatic rings. The van der Waals surface area contributed by atoms with Crippen LogP contribution < -0.4 is 0 Å². The Morgan fingerprint density at radius 2 is 2.14 bits per heavy atom. The third kappa shape index (κ3) is 2.97. The van der Waals surface area contributed by atoms with Crippen LogP contribution in [0.4, 0.5) is 0 Å². The van der Waals surface area contributed by atoms with Crippen LogP contribution in [0.15, 0.2) is 42.7 Å². The maximum absolute atomic E-state index is 12.1. The maximum Gasteiger partial charge on any atom is 0.314 e. The highest BCUT2D eigenvalue weighted by atomic mass is 16.5. The molecule has 0 amide bonds. The molecule has 1 aromatic carbocycles. The summed E-state index contributed by atoms with van der Waals surface area (Å²) < 4.78 is 7.14. The van der Waals surface area contributed by atoms with E-state index in [1.54, 1.807) is 0 Å². The van der Waals surface area contributed by atoms with Gasteiger partial charge in [0.2, 0.25) is 0 Å². The molecule has 0 bridgehead atoms. The number of benzene rings is 1. The summed E-state index contributed by atoms with van der Waals surface area (Å²) in [5.74, 6) is 0.616. The molecule has 2 heterocycles. The van der Waals surface area contributed by atoms with Crippen molar-refractivity contribution in [3.63, 3.8) is 0 Å². The summed E-state index contributed by atoms with van der Waals surface area (Å²) in [7, 11) is 1.45. The molecule has 3 rings (SSSR count). The van der Waals surface area contributed by atoms with Crippen molar-refractivity contribution >= 4 is 5.97 Å². The molecule has 1 aromatic heterocycles. The van der Waals surface area contributed by atoms with Crippen LogP contribution in [0.1, 0.15) is 17.3 Å². The summed E-state index contributed by atoms with van der Waals surface area (Å²) in [6.07, 6.45) is 3.83. The lowest BCUT2D eigenvalue weighted by Gasteiger charge is -2.30. The van der Waals surface area contributed by atoms with Gasteiger partial charge < -0.3 is 9.30 Å². The van der Waals surface area contributed by atoms with E-state index in [0.29, 0.717) is 6.54 Å². The third-order valence-corrected chi connectivity index (χ3v) is 3.95. The van der Waals surface area contributed by atoms with Crippen LogP contribution in [-0.2, 0) is 22.6 Å². The first-order valence-corrected chi connectivity index (χ1v) is 7.13. The van der Waals surface area contributed by atoms with Gasteiger partial charge in [-0.2, -0.15) is 0 Å². The van der Waals surface area contributed by atoms with Crippen LogP contribution >= 0.6 is 0 Å². The second-order valence-electron chi connectivity index (χ2n) is 5.26. The fourth-order valence-electron chi connectivity index (χ4n) is 2.78. The second kappa shape index (κ2) is 6.10. The zero-order chi connectivity index (χ0) is 14.7. The van der Waals surface area contributed by atoms with Gasteiger partial charge in [-0.3, -0.25) is 9.69 Å². The lowest BCUT2D eigenvalue weighted by Crippen LogP contribution is -2.38. The minimum atomic E-state index is -0.252.